The minimum atomic E-state index is 0.844. The van der Waals surface area contributed by atoms with Crippen LogP contribution in [-0.2, 0) is 0 Å². The molecule has 0 radical (unpaired) electrons. The van der Waals surface area contributed by atoms with Crippen LogP contribution in [0.5, 0.6) is 0 Å². The molecule has 1 unspecified atom stereocenters. The summed E-state index contributed by atoms with van der Waals surface area (Å²) in [4.78, 5) is 0. The van der Waals surface area contributed by atoms with E-state index in [1.54, 1.807) is 0 Å². The molecule has 2 aliphatic rings. The fourth-order valence-corrected chi connectivity index (χ4v) is 3.67. The van der Waals surface area contributed by atoms with Crippen LogP contribution in [0, 0.1) is 5.92 Å². The molecule has 13 heavy (non-hydrogen) atoms. The number of thioether (sulfide) groups is 1. The van der Waals surface area contributed by atoms with Crippen LogP contribution in [0.4, 0.5) is 0 Å². The van der Waals surface area contributed by atoms with Crippen LogP contribution >= 0.6 is 11.8 Å². The first-order valence-electron chi connectivity index (χ1n) is 5.78. The molecule has 1 N–H and O–H groups in total. The van der Waals surface area contributed by atoms with Crippen molar-refractivity contribution in [3.63, 3.8) is 0 Å². The average molecular weight is 199 g/mol. The first-order chi connectivity index (χ1) is 6.47. The highest BCUT2D eigenvalue weighted by molar-refractivity contribution is 7.99. The van der Waals surface area contributed by atoms with Gasteiger partial charge in [-0.3, -0.25) is 0 Å². The molecule has 2 rings (SSSR count). The predicted octanol–water partition coefficient (Wildman–Crippen LogP) is 2.66. The Hall–Kier alpha value is 0.310. The van der Waals surface area contributed by atoms with Crippen molar-refractivity contribution in [1.29, 1.82) is 0 Å². The molecule has 0 aromatic rings. The van der Waals surface area contributed by atoms with Gasteiger partial charge in [0.15, 0.2) is 0 Å². The third kappa shape index (κ3) is 2.88. The van der Waals surface area contributed by atoms with Gasteiger partial charge in [-0.2, -0.15) is 11.8 Å². The van der Waals surface area contributed by atoms with Crippen molar-refractivity contribution in [1.82, 2.24) is 5.32 Å². The van der Waals surface area contributed by atoms with Crippen molar-refractivity contribution in [2.75, 3.05) is 18.1 Å². The predicted molar refractivity (Wildman–Crippen MR) is 60.3 cm³/mol. The van der Waals surface area contributed by atoms with Crippen LogP contribution in [0.2, 0.25) is 0 Å². The topological polar surface area (TPSA) is 12.0 Å². The van der Waals surface area contributed by atoms with Crippen LogP contribution in [0.3, 0.4) is 0 Å². The molecule has 1 saturated heterocycles. The summed E-state index contributed by atoms with van der Waals surface area (Å²) in [5, 5.41) is 3.70. The Morgan fingerprint density at radius 1 is 1.00 bits per heavy atom. The van der Waals surface area contributed by atoms with E-state index < -0.39 is 0 Å². The maximum Gasteiger partial charge on any atom is 0.0186 e. The van der Waals surface area contributed by atoms with Gasteiger partial charge < -0.3 is 5.32 Å². The van der Waals surface area contributed by atoms with Crippen LogP contribution in [0.1, 0.15) is 38.5 Å². The van der Waals surface area contributed by atoms with Crippen LogP contribution in [-0.4, -0.2) is 24.1 Å². The van der Waals surface area contributed by atoms with Gasteiger partial charge in [0.05, 0.1) is 0 Å². The molecular weight excluding hydrogens is 178 g/mol. The monoisotopic (exact) mass is 199 g/mol. The number of hydrogen-bond acceptors (Lipinski definition) is 2. The van der Waals surface area contributed by atoms with Crippen molar-refractivity contribution in [2.45, 2.75) is 44.6 Å². The van der Waals surface area contributed by atoms with E-state index in [1.807, 2.05) is 0 Å². The molecule has 1 aliphatic heterocycles. The molecule has 2 fully saturated rings. The summed E-state index contributed by atoms with van der Waals surface area (Å²) in [7, 11) is 0. The minimum Gasteiger partial charge on any atom is -0.312 e. The molecule has 1 nitrogen and oxygen atoms in total. The summed E-state index contributed by atoms with van der Waals surface area (Å²) in [5.74, 6) is 3.68. The Bertz CT molecular complexity index is 135. The zero-order valence-electron chi connectivity index (χ0n) is 8.43. The highest BCUT2D eigenvalue weighted by Gasteiger charge is 2.23. The zero-order chi connectivity index (χ0) is 8.93. The third-order valence-electron chi connectivity index (χ3n) is 3.42. The van der Waals surface area contributed by atoms with Gasteiger partial charge in [-0.15, -0.1) is 0 Å². The van der Waals surface area contributed by atoms with Crippen LogP contribution < -0.4 is 5.32 Å². The largest absolute Gasteiger partial charge is 0.312 e. The van der Waals surface area contributed by atoms with Gasteiger partial charge in [-0.05, 0) is 18.8 Å². The molecular formula is C11H21NS. The van der Waals surface area contributed by atoms with E-state index in [2.05, 4.69) is 17.1 Å². The molecule has 0 spiro atoms. The van der Waals surface area contributed by atoms with E-state index >= 15 is 0 Å². The summed E-state index contributed by atoms with van der Waals surface area (Å²) in [6.07, 6.45) is 8.89. The summed E-state index contributed by atoms with van der Waals surface area (Å²) in [5.41, 5.74) is 0. The van der Waals surface area contributed by atoms with Gasteiger partial charge in [-0.25, -0.2) is 0 Å². The lowest BCUT2D eigenvalue weighted by molar-refractivity contribution is 0.344. The molecule has 0 bridgehead atoms. The van der Waals surface area contributed by atoms with Gasteiger partial charge >= 0.3 is 0 Å². The Morgan fingerprint density at radius 3 is 2.38 bits per heavy atom. The Kier molecular flexibility index (Phi) is 3.98. The number of rotatable bonds is 1. The van der Waals surface area contributed by atoms with Crippen molar-refractivity contribution in [3.8, 4) is 0 Å². The lowest BCUT2D eigenvalue weighted by Gasteiger charge is -2.30. The molecule has 1 atom stereocenters. The highest BCUT2D eigenvalue weighted by atomic mass is 32.2. The Labute approximate surface area is 86.0 Å². The second kappa shape index (κ2) is 5.26. The lowest BCUT2D eigenvalue weighted by atomic mass is 9.93. The van der Waals surface area contributed by atoms with E-state index in [0.717, 1.165) is 12.0 Å². The van der Waals surface area contributed by atoms with Crippen molar-refractivity contribution >= 4 is 11.8 Å². The quantitative estimate of drug-likeness (QED) is 0.652. The molecule has 0 amide bonds. The molecule has 1 aliphatic carbocycles. The fraction of sp³-hybridized carbons (Fsp3) is 1.00. The Morgan fingerprint density at radius 2 is 1.77 bits per heavy atom. The summed E-state index contributed by atoms with van der Waals surface area (Å²) in [6, 6.07) is 0.844. The van der Waals surface area contributed by atoms with E-state index in [9.17, 15) is 0 Å². The highest BCUT2D eigenvalue weighted by Crippen LogP contribution is 2.28. The molecule has 1 heterocycles. The Balaban J connectivity index is 1.82. The second-order valence-electron chi connectivity index (χ2n) is 4.39. The second-order valence-corrected chi connectivity index (χ2v) is 5.54. The first-order valence-corrected chi connectivity index (χ1v) is 6.93. The molecule has 0 aromatic heterocycles. The van der Waals surface area contributed by atoms with E-state index in [0.29, 0.717) is 0 Å². The summed E-state index contributed by atoms with van der Waals surface area (Å²) >= 11 is 2.14. The van der Waals surface area contributed by atoms with Gasteiger partial charge in [0.2, 0.25) is 0 Å². The fourth-order valence-electron chi connectivity index (χ4n) is 2.60. The smallest absolute Gasteiger partial charge is 0.0186 e. The average Bonchev–Trinajstić information content (AvgIpc) is 2.47. The maximum atomic E-state index is 3.70. The first kappa shape index (κ1) is 9.85. The molecule has 1 saturated carbocycles. The van der Waals surface area contributed by atoms with Crippen molar-refractivity contribution < 1.29 is 0 Å². The zero-order valence-corrected chi connectivity index (χ0v) is 9.24. The number of nitrogens with one attached hydrogen (secondary N) is 1. The third-order valence-corrected chi connectivity index (χ3v) is 4.51. The molecule has 76 valence electrons. The van der Waals surface area contributed by atoms with Crippen molar-refractivity contribution in [3.05, 3.63) is 0 Å². The van der Waals surface area contributed by atoms with E-state index in [-0.39, 0.29) is 0 Å². The van der Waals surface area contributed by atoms with E-state index in [4.69, 9.17) is 0 Å². The SMILES string of the molecule is C1CCCC(C2CSCCN2)CC1. The van der Waals surface area contributed by atoms with Crippen LogP contribution in [0.25, 0.3) is 0 Å². The van der Waals surface area contributed by atoms with Gasteiger partial charge in [0.25, 0.3) is 0 Å². The normalized spacial score (nSPS) is 32.8. The summed E-state index contributed by atoms with van der Waals surface area (Å²) in [6.45, 7) is 1.24. The summed E-state index contributed by atoms with van der Waals surface area (Å²) < 4.78 is 0. The number of hydrogen-bond donors (Lipinski definition) is 1. The molecule has 2 heteroatoms. The van der Waals surface area contributed by atoms with Gasteiger partial charge in [0, 0.05) is 24.1 Å². The van der Waals surface area contributed by atoms with Crippen LogP contribution in [0.15, 0.2) is 0 Å². The maximum absolute atomic E-state index is 3.70. The lowest BCUT2D eigenvalue weighted by Crippen LogP contribution is -2.42. The minimum absolute atomic E-state index is 0.844. The van der Waals surface area contributed by atoms with Gasteiger partial charge in [-0.1, -0.05) is 25.7 Å². The van der Waals surface area contributed by atoms with Gasteiger partial charge in [0.1, 0.15) is 0 Å². The molecule has 0 aromatic carbocycles. The van der Waals surface area contributed by atoms with E-state index in [1.165, 1.54) is 56.6 Å². The standard InChI is InChI=1S/C11H21NS/c1-2-4-6-10(5-3-1)11-9-13-8-7-12-11/h10-12H,1-9H2. The van der Waals surface area contributed by atoms with Crippen molar-refractivity contribution in [2.24, 2.45) is 5.92 Å².